The quantitative estimate of drug-likeness (QED) is 0.676. The van der Waals surface area contributed by atoms with Crippen LogP contribution in [0.4, 0.5) is 4.79 Å². The van der Waals surface area contributed by atoms with Crippen LogP contribution < -0.4 is 5.32 Å². The highest BCUT2D eigenvalue weighted by atomic mass is 35.5. The number of hydrogen-bond acceptors (Lipinski definition) is 5. The van der Waals surface area contributed by atoms with Crippen molar-refractivity contribution in [3.8, 4) is 0 Å². The molecule has 0 aromatic heterocycles. The summed E-state index contributed by atoms with van der Waals surface area (Å²) in [6, 6.07) is 6.19. The van der Waals surface area contributed by atoms with Gasteiger partial charge >= 0.3 is 12.0 Å². The lowest BCUT2D eigenvalue weighted by Gasteiger charge is -2.40. The van der Waals surface area contributed by atoms with Gasteiger partial charge in [-0.1, -0.05) is 23.7 Å². The second kappa shape index (κ2) is 10.2. The highest BCUT2D eigenvalue weighted by Gasteiger charge is 2.38. The van der Waals surface area contributed by atoms with Crippen LogP contribution in [0.3, 0.4) is 0 Å². The lowest BCUT2D eigenvalue weighted by atomic mass is 9.94. The van der Waals surface area contributed by atoms with Gasteiger partial charge in [-0.3, -0.25) is 14.6 Å². The smallest absolute Gasteiger partial charge is 0.338 e. The average Bonchev–Trinajstić information content (AvgIpc) is 2.74. The van der Waals surface area contributed by atoms with Crippen molar-refractivity contribution in [1.29, 1.82) is 0 Å². The first-order valence-electron chi connectivity index (χ1n) is 10.6. The summed E-state index contributed by atoms with van der Waals surface area (Å²) in [5, 5.41) is 3.52. The molecule has 8 nitrogen and oxygen atoms in total. The molecule has 1 N–H and O–H groups in total. The summed E-state index contributed by atoms with van der Waals surface area (Å²) in [6.45, 7) is 8.86. The Morgan fingerprint density at radius 2 is 1.77 bits per heavy atom. The van der Waals surface area contributed by atoms with Gasteiger partial charge in [-0.15, -0.1) is 0 Å². The van der Waals surface area contributed by atoms with Crippen LogP contribution in [0.2, 0.25) is 5.02 Å². The number of hydrogen-bond donors (Lipinski definition) is 1. The van der Waals surface area contributed by atoms with Gasteiger partial charge in [0.15, 0.2) is 0 Å². The van der Waals surface area contributed by atoms with Gasteiger partial charge in [-0.25, -0.2) is 9.59 Å². The van der Waals surface area contributed by atoms with Crippen LogP contribution in [-0.2, 0) is 14.3 Å². The molecule has 31 heavy (non-hydrogen) atoms. The minimum Gasteiger partial charge on any atom is -0.463 e. The largest absolute Gasteiger partial charge is 0.463 e. The lowest BCUT2D eigenvalue weighted by molar-refractivity contribution is -0.139. The molecule has 0 bridgehead atoms. The van der Waals surface area contributed by atoms with Gasteiger partial charge < -0.3 is 15.0 Å². The fraction of sp³-hybridized carbons (Fsp3) is 0.500. The summed E-state index contributed by atoms with van der Waals surface area (Å²) in [6.07, 6.45) is 0. The molecular weight excluding hydrogens is 420 g/mol. The Kier molecular flexibility index (Phi) is 7.56. The van der Waals surface area contributed by atoms with Crippen LogP contribution in [0, 0.1) is 0 Å². The second-order valence-corrected chi connectivity index (χ2v) is 7.98. The molecule has 1 unspecified atom stereocenters. The molecule has 2 aliphatic heterocycles. The molecule has 9 heteroatoms. The van der Waals surface area contributed by atoms with Crippen molar-refractivity contribution in [2.24, 2.45) is 0 Å². The average molecular weight is 449 g/mol. The van der Waals surface area contributed by atoms with E-state index in [1.165, 1.54) is 0 Å². The Morgan fingerprint density at radius 3 is 2.32 bits per heavy atom. The molecule has 0 saturated carbocycles. The molecule has 1 aromatic carbocycles. The number of rotatable bonds is 6. The van der Waals surface area contributed by atoms with Crippen molar-refractivity contribution in [2.45, 2.75) is 26.8 Å². The number of esters is 1. The monoisotopic (exact) mass is 448 g/mol. The molecule has 0 spiro atoms. The third kappa shape index (κ3) is 5.19. The number of carbonyl (C=O) groups excluding carboxylic acids is 3. The van der Waals surface area contributed by atoms with Gasteiger partial charge in [0, 0.05) is 56.9 Å². The molecule has 168 valence electrons. The van der Waals surface area contributed by atoms with Crippen LogP contribution in [0.5, 0.6) is 0 Å². The first-order valence-corrected chi connectivity index (χ1v) is 10.9. The van der Waals surface area contributed by atoms with E-state index in [9.17, 15) is 14.4 Å². The summed E-state index contributed by atoms with van der Waals surface area (Å²) in [5.41, 5.74) is 1.83. The summed E-state index contributed by atoms with van der Waals surface area (Å²) in [7, 11) is 0. The number of carbonyl (C=O) groups is 3. The zero-order valence-electron chi connectivity index (χ0n) is 18.2. The molecule has 1 atom stereocenters. The standard InChI is InChI=1S/C22H29ClN4O4/c1-4-27-18(14-25-10-12-26(13-11-25)15(3)28)19(21(29)31-5-2)20(24-22(27)30)16-6-8-17(23)9-7-16/h6-9,20H,4-5,10-14H2,1-3H3,(H,24,30). The zero-order chi connectivity index (χ0) is 22.5. The summed E-state index contributed by atoms with van der Waals surface area (Å²) >= 11 is 6.03. The fourth-order valence-corrected chi connectivity index (χ4v) is 4.12. The van der Waals surface area contributed by atoms with Crippen LogP contribution >= 0.6 is 11.6 Å². The number of nitrogens with one attached hydrogen (secondary N) is 1. The number of halogens is 1. The van der Waals surface area contributed by atoms with E-state index in [1.54, 1.807) is 47.9 Å². The Bertz CT molecular complexity index is 863. The maximum absolute atomic E-state index is 13.1. The van der Waals surface area contributed by atoms with E-state index in [-0.39, 0.29) is 18.5 Å². The summed E-state index contributed by atoms with van der Waals surface area (Å²) < 4.78 is 5.38. The van der Waals surface area contributed by atoms with E-state index >= 15 is 0 Å². The minimum atomic E-state index is -0.625. The maximum Gasteiger partial charge on any atom is 0.338 e. The van der Waals surface area contributed by atoms with Crippen LogP contribution in [0.1, 0.15) is 32.4 Å². The van der Waals surface area contributed by atoms with Gasteiger partial charge in [0.2, 0.25) is 5.91 Å². The highest BCUT2D eigenvalue weighted by Crippen LogP contribution is 2.32. The van der Waals surface area contributed by atoms with Gasteiger partial charge in [0.1, 0.15) is 0 Å². The molecule has 1 aromatic rings. The van der Waals surface area contributed by atoms with E-state index in [4.69, 9.17) is 16.3 Å². The molecule has 3 rings (SSSR count). The van der Waals surface area contributed by atoms with Crippen molar-refractivity contribution in [3.63, 3.8) is 0 Å². The van der Waals surface area contributed by atoms with E-state index in [0.29, 0.717) is 55.6 Å². The number of urea groups is 1. The third-order valence-electron chi connectivity index (χ3n) is 5.64. The normalized spacial score (nSPS) is 20.0. The first kappa shape index (κ1) is 23.1. The summed E-state index contributed by atoms with van der Waals surface area (Å²) in [5.74, 6) is -0.389. The number of ether oxygens (including phenoxy) is 1. The Balaban J connectivity index is 1.99. The topological polar surface area (TPSA) is 82.2 Å². The van der Waals surface area contributed by atoms with Crippen LogP contribution in [0.15, 0.2) is 35.5 Å². The van der Waals surface area contributed by atoms with Gasteiger partial charge in [0.25, 0.3) is 0 Å². The molecule has 0 aliphatic carbocycles. The molecule has 1 fully saturated rings. The number of piperazine rings is 1. The Morgan fingerprint density at radius 1 is 1.13 bits per heavy atom. The molecule has 1 saturated heterocycles. The van der Waals surface area contributed by atoms with Crippen molar-refractivity contribution in [2.75, 3.05) is 45.9 Å². The Hall–Kier alpha value is -2.58. The van der Waals surface area contributed by atoms with Crippen molar-refractivity contribution in [3.05, 3.63) is 46.1 Å². The van der Waals surface area contributed by atoms with Gasteiger partial charge in [-0.2, -0.15) is 0 Å². The first-order chi connectivity index (χ1) is 14.8. The van der Waals surface area contributed by atoms with E-state index in [0.717, 1.165) is 5.56 Å². The number of likely N-dealkylation sites (N-methyl/N-ethyl adjacent to an activating group) is 1. The summed E-state index contributed by atoms with van der Waals surface area (Å²) in [4.78, 5) is 43.2. The minimum absolute atomic E-state index is 0.0566. The van der Waals surface area contributed by atoms with E-state index in [1.807, 2.05) is 6.92 Å². The lowest BCUT2D eigenvalue weighted by Crippen LogP contribution is -2.53. The van der Waals surface area contributed by atoms with Crippen molar-refractivity contribution >= 4 is 29.5 Å². The van der Waals surface area contributed by atoms with Crippen molar-refractivity contribution < 1.29 is 19.1 Å². The molecule has 0 radical (unpaired) electrons. The van der Waals surface area contributed by atoms with Gasteiger partial charge in [-0.05, 0) is 31.5 Å². The maximum atomic E-state index is 13.1. The van der Waals surface area contributed by atoms with Crippen LogP contribution in [-0.4, -0.2) is 78.5 Å². The van der Waals surface area contributed by atoms with E-state index < -0.39 is 12.0 Å². The van der Waals surface area contributed by atoms with Crippen LogP contribution in [0.25, 0.3) is 0 Å². The highest BCUT2D eigenvalue weighted by molar-refractivity contribution is 6.30. The third-order valence-corrected chi connectivity index (χ3v) is 5.90. The molecule has 2 heterocycles. The Labute approximate surface area is 187 Å². The SMILES string of the molecule is CCOC(=O)C1=C(CN2CCN(C(C)=O)CC2)N(CC)C(=O)NC1c1ccc(Cl)cc1. The second-order valence-electron chi connectivity index (χ2n) is 7.54. The van der Waals surface area contributed by atoms with E-state index in [2.05, 4.69) is 10.2 Å². The predicted octanol–water partition coefficient (Wildman–Crippen LogP) is 2.41. The number of nitrogens with zero attached hydrogens (tertiary/aromatic N) is 3. The zero-order valence-corrected chi connectivity index (χ0v) is 18.9. The number of benzene rings is 1. The number of amides is 3. The fourth-order valence-electron chi connectivity index (χ4n) is 4.00. The molecular formula is C22H29ClN4O4. The van der Waals surface area contributed by atoms with Crippen molar-refractivity contribution in [1.82, 2.24) is 20.0 Å². The molecule has 3 amide bonds. The molecule has 2 aliphatic rings. The van der Waals surface area contributed by atoms with Gasteiger partial charge in [0.05, 0.1) is 18.2 Å². The predicted molar refractivity (Wildman–Crippen MR) is 117 cm³/mol.